The van der Waals surface area contributed by atoms with Gasteiger partial charge < -0.3 is 40.5 Å². The lowest BCUT2D eigenvalue weighted by Crippen LogP contribution is -2.48. The van der Waals surface area contributed by atoms with Gasteiger partial charge in [0.1, 0.15) is 24.2 Å². The van der Waals surface area contributed by atoms with Crippen LogP contribution in [-0.2, 0) is 28.7 Å². The Balaban J connectivity index is 1.11. The molecule has 302 valence electrons. The maximum Gasteiger partial charge on any atom is 0.407 e. The van der Waals surface area contributed by atoms with Gasteiger partial charge in [-0.05, 0) is 72.2 Å². The van der Waals surface area contributed by atoms with Crippen LogP contribution in [0.15, 0.2) is 106 Å². The van der Waals surface area contributed by atoms with Crippen molar-refractivity contribution in [1.29, 1.82) is 0 Å². The van der Waals surface area contributed by atoms with Crippen LogP contribution in [0.3, 0.4) is 0 Å². The van der Waals surface area contributed by atoms with Gasteiger partial charge in [0.25, 0.3) is 11.8 Å². The Labute approximate surface area is 352 Å². The average Bonchev–Trinajstić information content (AvgIpc) is 3.94. The fourth-order valence-corrected chi connectivity index (χ4v) is 8.42. The molecule has 0 radical (unpaired) electrons. The van der Waals surface area contributed by atoms with Gasteiger partial charge in [0.2, 0.25) is 11.8 Å². The molecule has 6 rings (SSSR count). The fourth-order valence-electron chi connectivity index (χ4n) is 7.23. The van der Waals surface area contributed by atoms with Crippen molar-refractivity contribution >= 4 is 79.0 Å². The summed E-state index contributed by atoms with van der Waals surface area (Å²) in [5, 5.41) is 11.1. The van der Waals surface area contributed by atoms with Crippen molar-refractivity contribution in [3.05, 3.63) is 117 Å². The first-order valence-corrected chi connectivity index (χ1v) is 20.2. The van der Waals surface area contributed by atoms with E-state index in [9.17, 15) is 28.8 Å². The highest BCUT2D eigenvalue weighted by atomic mass is 79.9. The molecule has 4 atom stereocenters. The normalized spacial score (nSPS) is 17.1. The van der Waals surface area contributed by atoms with Crippen LogP contribution in [0.4, 0.5) is 21.0 Å². The highest BCUT2D eigenvalue weighted by Gasteiger charge is 2.40. The molecule has 6 amide bonds. The highest BCUT2D eigenvalue weighted by molar-refractivity contribution is 9.11. The van der Waals surface area contributed by atoms with E-state index in [0.29, 0.717) is 70.2 Å². The van der Waals surface area contributed by atoms with Gasteiger partial charge in [-0.3, -0.25) is 19.2 Å². The maximum absolute atomic E-state index is 13.8. The number of rotatable bonds is 11. The van der Waals surface area contributed by atoms with E-state index in [1.807, 2.05) is 12.1 Å². The van der Waals surface area contributed by atoms with Crippen LogP contribution in [0.25, 0.3) is 11.1 Å². The van der Waals surface area contributed by atoms with E-state index in [4.69, 9.17) is 9.47 Å². The zero-order chi connectivity index (χ0) is 41.3. The molecule has 0 aromatic heterocycles. The van der Waals surface area contributed by atoms with Crippen molar-refractivity contribution in [2.45, 2.75) is 49.9 Å². The van der Waals surface area contributed by atoms with Gasteiger partial charge in [0.05, 0.1) is 14.2 Å². The summed E-state index contributed by atoms with van der Waals surface area (Å²) < 4.78 is 10.9. The Bertz CT molecular complexity index is 2020. The summed E-state index contributed by atoms with van der Waals surface area (Å²) in [7, 11) is 2.44. The number of alkyl carbamates (subject to hydrolysis) is 2. The van der Waals surface area contributed by atoms with Crippen molar-refractivity contribution in [3.63, 3.8) is 0 Å². The summed E-state index contributed by atoms with van der Waals surface area (Å²) in [4.78, 5) is 82.0. The van der Waals surface area contributed by atoms with E-state index in [-0.39, 0.29) is 11.8 Å². The van der Waals surface area contributed by atoms with Crippen LogP contribution in [0.1, 0.15) is 48.9 Å². The molecule has 4 aromatic rings. The summed E-state index contributed by atoms with van der Waals surface area (Å²) in [5.74, 6) is -1.52. The number of nitrogens with one attached hydrogen (secondary N) is 4. The fraction of sp³-hybridized carbons (Fsp3) is 0.286. The summed E-state index contributed by atoms with van der Waals surface area (Å²) in [6.45, 7) is 0.715. The van der Waals surface area contributed by atoms with Gasteiger partial charge >= 0.3 is 12.2 Å². The second-order valence-corrected chi connectivity index (χ2v) is 15.4. The van der Waals surface area contributed by atoms with Crippen LogP contribution in [0, 0.1) is 0 Å². The van der Waals surface area contributed by atoms with E-state index in [1.54, 1.807) is 84.9 Å². The molecule has 0 saturated carbocycles. The number of carbonyl (C=O) groups is 6. The molecule has 2 aliphatic heterocycles. The first-order chi connectivity index (χ1) is 28.0. The molecule has 2 heterocycles. The molecule has 1 unspecified atom stereocenters. The zero-order valence-electron chi connectivity index (χ0n) is 31.7. The highest BCUT2D eigenvalue weighted by Crippen LogP contribution is 2.37. The Kier molecular flexibility index (Phi) is 13.8. The van der Waals surface area contributed by atoms with Gasteiger partial charge in [-0.2, -0.15) is 0 Å². The molecular weight excluding hydrogens is 876 g/mol. The number of ether oxygens (including phenoxy) is 2. The minimum Gasteiger partial charge on any atom is -0.453 e. The summed E-state index contributed by atoms with van der Waals surface area (Å²) >= 11 is 7.29. The third kappa shape index (κ3) is 9.68. The van der Waals surface area contributed by atoms with E-state index in [2.05, 4.69) is 53.1 Å². The molecule has 4 N–H and O–H groups in total. The largest absolute Gasteiger partial charge is 0.453 e. The number of hydrogen-bond donors (Lipinski definition) is 4. The van der Waals surface area contributed by atoms with Crippen LogP contribution in [-0.4, -0.2) is 85.0 Å². The lowest BCUT2D eigenvalue weighted by atomic mass is 10.0. The number of hydrogen-bond acceptors (Lipinski definition) is 8. The molecule has 0 spiro atoms. The van der Waals surface area contributed by atoms with E-state index in [1.165, 1.54) is 24.0 Å². The number of methoxy groups -OCH3 is 2. The number of halogens is 2. The molecular formula is C42H42Br2N6O8. The Morgan fingerprint density at radius 1 is 0.586 bits per heavy atom. The lowest BCUT2D eigenvalue weighted by Gasteiger charge is -2.28. The summed E-state index contributed by atoms with van der Waals surface area (Å²) in [6.07, 6.45) is 0.651. The Morgan fingerprint density at radius 3 is 1.31 bits per heavy atom. The Hall–Kier alpha value is -5.74. The first-order valence-electron chi connectivity index (χ1n) is 18.6. The standard InChI is InChI=1S/C42H42Br2N6O8/c1-57-41(55)47-35(25-11-5-3-6-12-25)39(53)49-21-9-15-33(49)37(51)45-27-17-19-29(31(43)23-27)30-20-18-28(24-32(30)44)46-38(52)34-16-10-22-50(34)40(54)36(48-42(56)58-2)26-13-7-4-8-14-26/h3-8,11-14,17-20,23-24,33-36H,9-10,15-16,21-22H2,1-2H3,(H,45,51)(H,46,52)(H,47,55)(H,48,56)/t33-,34-,35+,36?/m0/s1. The van der Waals surface area contributed by atoms with Crippen molar-refractivity contribution < 1.29 is 38.2 Å². The van der Waals surface area contributed by atoms with E-state index >= 15 is 0 Å². The number of likely N-dealkylation sites (tertiary alicyclic amines) is 2. The molecule has 0 bridgehead atoms. The van der Waals surface area contributed by atoms with E-state index < -0.39 is 48.2 Å². The van der Waals surface area contributed by atoms with Gasteiger partial charge in [0, 0.05) is 33.4 Å². The molecule has 2 saturated heterocycles. The third-order valence-electron chi connectivity index (χ3n) is 10.1. The smallest absolute Gasteiger partial charge is 0.407 e. The van der Waals surface area contributed by atoms with Crippen molar-refractivity contribution in [1.82, 2.24) is 20.4 Å². The van der Waals surface area contributed by atoms with Crippen molar-refractivity contribution in [3.8, 4) is 11.1 Å². The van der Waals surface area contributed by atoms with Crippen LogP contribution < -0.4 is 21.3 Å². The molecule has 2 fully saturated rings. The number of amides is 6. The van der Waals surface area contributed by atoms with Crippen LogP contribution in [0.2, 0.25) is 0 Å². The van der Waals surface area contributed by atoms with Gasteiger partial charge in [-0.15, -0.1) is 0 Å². The third-order valence-corrected chi connectivity index (χ3v) is 11.4. The predicted octanol–water partition coefficient (Wildman–Crippen LogP) is 6.93. The maximum atomic E-state index is 13.8. The van der Waals surface area contributed by atoms with Gasteiger partial charge in [0.15, 0.2) is 0 Å². The monoisotopic (exact) mass is 916 g/mol. The first kappa shape index (κ1) is 41.9. The summed E-state index contributed by atoms with van der Waals surface area (Å²) in [6, 6.07) is 24.8. The molecule has 16 heteroatoms. The minimum atomic E-state index is -1.02. The minimum absolute atomic E-state index is 0.352. The number of carbonyl (C=O) groups excluding carboxylic acids is 6. The second-order valence-electron chi connectivity index (χ2n) is 13.7. The molecule has 58 heavy (non-hydrogen) atoms. The Morgan fingerprint density at radius 2 is 0.966 bits per heavy atom. The second kappa shape index (κ2) is 19.1. The average molecular weight is 919 g/mol. The predicted molar refractivity (Wildman–Crippen MR) is 223 cm³/mol. The summed E-state index contributed by atoms with van der Waals surface area (Å²) in [5.41, 5.74) is 3.77. The number of anilines is 2. The number of nitrogens with zero attached hydrogens (tertiary/aromatic N) is 2. The van der Waals surface area contributed by atoms with Crippen molar-refractivity contribution in [2.75, 3.05) is 37.9 Å². The SMILES string of the molecule is COC(=O)NC(C(=O)N1CCC[C@H]1C(=O)Nc1ccc(-c2ccc(NC(=O)[C@@H]3CCCN3C(=O)[C@H](NC(=O)OC)c3ccccc3)cc2Br)c(Br)c1)c1ccccc1. The molecule has 14 nitrogen and oxygen atoms in total. The number of benzene rings is 4. The lowest BCUT2D eigenvalue weighted by molar-refractivity contribution is -0.138. The van der Waals surface area contributed by atoms with Crippen LogP contribution in [0.5, 0.6) is 0 Å². The van der Waals surface area contributed by atoms with E-state index in [0.717, 1.165) is 11.1 Å². The zero-order valence-corrected chi connectivity index (χ0v) is 34.9. The molecule has 4 aromatic carbocycles. The molecule has 0 aliphatic carbocycles. The van der Waals surface area contributed by atoms with Crippen molar-refractivity contribution in [2.24, 2.45) is 0 Å². The van der Waals surface area contributed by atoms with Gasteiger partial charge in [-0.1, -0.05) is 105 Å². The quantitative estimate of drug-likeness (QED) is 0.125. The van der Waals surface area contributed by atoms with Gasteiger partial charge in [-0.25, -0.2) is 9.59 Å². The molecule has 2 aliphatic rings. The van der Waals surface area contributed by atoms with Crippen LogP contribution >= 0.6 is 31.9 Å². The topological polar surface area (TPSA) is 175 Å².